The predicted molar refractivity (Wildman–Crippen MR) is 109 cm³/mol. The second-order valence-corrected chi connectivity index (χ2v) is 12.4. The maximum absolute atomic E-state index is 13.8. The Bertz CT molecular complexity index is 426. The van der Waals surface area contributed by atoms with Crippen LogP contribution in [0.15, 0.2) is 0 Å². The summed E-state index contributed by atoms with van der Waals surface area (Å²) >= 11 is 0. The molecule has 0 aliphatic heterocycles. The highest BCUT2D eigenvalue weighted by Gasteiger charge is 2.52. The van der Waals surface area contributed by atoms with Crippen LogP contribution in [0.3, 0.4) is 0 Å². The molecule has 164 valence electrons. The summed E-state index contributed by atoms with van der Waals surface area (Å²) in [5, 5.41) is 8.00. The number of aliphatic hydroxyl groups is 1. The SMILES string of the molecule is CC(C)OP(=O)(OC(C)C)C(CCCCCO)P(=O)(OC(C)C)OC(C)C. The van der Waals surface area contributed by atoms with Gasteiger partial charge in [-0.15, -0.1) is 0 Å². The molecule has 0 aliphatic rings. The van der Waals surface area contributed by atoms with Crippen molar-refractivity contribution < 1.29 is 32.3 Å². The number of aliphatic hydroxyl groups excluding tert-OH is 1. The third kappa shape index (κ3) is 10.6. The summed E-state index contributed by atoms with van der Waals surface area (Å²) in [6, 6.07) is 0. The molecule has 0 radical (unpaired) electrons. The van der Waals surface area contributed by atoms with E-state index in [4.69, 9.17) is 23.2 Å². The molecule has 7 nitrogen and oxygen atoms in total. The van der Waals surface area contributed by atoms with E-state index in [1.807, 2.05) is 0 Å². The summed E-state index contributed by atoms with van der Waals surface area (Å²) in [5.41, 5.74) is 0. The van der Waals surface area contributed by atoms with Crippen molar-refractivity contribution in [1.82, 2.24) is 0 Å². The molecule has 1 N–H and O–H groups in total. The molecule has 0 heterocycles. The van der Waals surface area contributed by atoms with Crippen LogP contribution in [-0.4, -0.2) is 41.5 Å². The van der Waals surface area contributed by atoms with E-state index in [2.05, 4.69) is 0 Å². The molecule has 0 saturated heterocycles. The van der Waals surface area contributed by atoms with E-state index in [9.17, 15) is 9.13 Å². The van der Waals surface area contributed by atoms with Gasteiger partial charge in [-0.2, -0.15) is 0 Å². The zero-order valence-electron chi connectivity index (χ0n) is 18.2. The van der Waals surface area contributed by atoms with Crippen LogP contribution in [0.1, 0.15) is 81.1 Å². The van der Waals surface area contributed by atoms with E-state index in [-0.39, 0.29) is 31.0 Å². The lowest BCUT2D eigenvalue weighted by atomic mass is 10.2. The minimum absolute atomic E-state index is 0.0793. The van der Waals surface area contributed by atoms with E-state index in [1.54, 1.807) is 55.4 Å². The van der Waals surface area contributed by atoms with Crippen LogP contribution < -0.4 is 0 Å². The number of hydrogen-bond donors (Lipinski definition) is 1. The monoisotopic (exact) mass is 430 g/mol. The molecule has 0 rings (SSSR count). The van der Waals surface area contributed by atoms with Crippen molar-refractivity contribution in [3.8, 4) is 0 Å². The minimum Gasteiger partial charge on any atom is -0.396 e. The van der Waals surface area contributed by atoms with Crippen molar-refractivity contribution >= 4 is 15.2 Å². The second kappa shape index (κ2) is 12.7. The first-order valence-corrected chi connectivity index (χ1v) is 13.1. The summed E-state index contributed by atoms with van der Waals surface area (Å²) in [6.07, 6.45) is 0.732. The van der Waals surface area contributed by atoms with Gasteiger partial charge in [0.1, 0.15) is 0 Å². The highest BCUT2D eigenvalue weighted by molar-refractivity contribution is 7.72. The molecule has 0 atom stereocenters. The van der Waals surface area contributed by atoms with Crippen LogP contribution in [0, 0.1) is 0 Å². The molecular weight excluding hydrogens is 390 g/mol. The van der Waals surface area contributed by atoms with Gasteiger partial charge < -0.3 is 23.2 Å². The van der Waals surface area contributed by atoms with Crippen molar-refractivity contribution in [2.45, 2.75) is 111 Å². The van der Waals surface area contributed by atoms with Crippen molar-refractivity contribution in [1.29, 1.82) is 0 Å². The fourth-order valence-electron chi connectivity index (χ4n) is 2.61. The van der Waals surface area contributed by atoms with E-state index in [0.29, 0.717) is 25.7 Å². The summed E-state index contributed by atoms with van der Waals surface area (Å²) in [5.74, 6) is 0. The molecule has 0 amide bonds. The summed E-state index contributed by atoms with van der Waals surface area (Å²) < 4.78 is 50.5. The Labute approximate surface area is 165 Å². The first kappa shape index (κ1) is 27.3. The average molecular weight is 430 g/mol. The van der Waals surface area contributed by atoms with Crippen molar-refractivity contribution in [2.75, 3.05) is 6.61 Å². The van der Waals surface area contributed by atoms with Gasteiger partial charge in [0.2, 0.25) is 0 Å². The Kier molecular flexibility index (Phi) is 12.9. The number of hydrogen-bond acceptors (Lipinski definition) is 7. The molecule has 0 unspecified atom stereocenters. The zero-order valence-corrected chi connectivity index (χ0v) is 20.0. The Morgan fingerprint density at radius 2 is 0.963 bits per heavy atom. The molecule has 0 aromatic rings. The molecule has 0 aromatic heterocycles. The molecule has 0 saturated carbocycles. The zero-order chi connectivity index (χ0) is 21.3. The number of rotatable bonds is 15. The highest BCUT2D eigenvalue weighted by atomic mass is 31.2. The van der Waals surface area contributed by atoms with Crippen molar-refractivity contribution in [3.05, 3.63) is 0 Å². The smallest absolute Gasteiger partial charge is 0.346 e. The predicted octanol–water partition coefficient (Wildman–Crippen LogP) is 5.95. The Morgan fingerprint density at radius 1 is 0.630 bits per heavy atom. The van der Waals surface area contributed by atoms with Crippen LogP contribution in [0.4, 0.5) is 0 Å². The molecule has 9 heteroatoms. The van der Waals surface area contributed by atoms with E-state index in [0.717, 1.165) is 0 Å². The molecule has 27 heavy (non-hydrogen) atoms. The molecule has 0 fully saturated rings. The maximum atomic E-state index is 13.8. The lowest BCUT2D eigenvalue weighted by molar-refractivity contribution is 0.121. The van der Waals surface area contributed by atoms with Gasteiger partial charge in [-0.1, -0.05) is 12.8 Å². The second-order valence-electron chi connectivity index (χ2n) is 7.75. The number of unbranched alkanes of at least 4 members (excludes halogenated alkanes) is 2. The van der Waals surface area contributed by atoms with Crippen molar-refractivity contribution in [2.24, 2.45) is 0 Å². The van der Waals surface area contributed by atoms with Crippen LogP contribution >= 0.6 is 15.2 Å². The molecule has 0 bridgehead atoms. The fourth-order valence-corrected chi connectivity index (χ4v) is 8.66. The third-order valence-corrected chi connectivity index (χ3v) is 9.82. The van der Waals surface area contributed by atoms with Gasteiger partial charge in [0.15, 0.2) is 5.40 Å². The first-order chi connectivity index (χ1) is 12.4. The van der Waals surface area contributed by atoms with Crippen molar-refractivity contribution in [3.63, 3.8) is 0 Å². The topological polar surface area (TPSA) is 91.3 Å². The Morgan fingerprint density at radius 3 is 1.22 bits per heavy atom. The minimum atomic E-state index is -3.80. The first-order valence-electron chi connectivity index (χ1n) is 9.90. The van der Waals surface area contributed by atoms with Gasteiger partial charge in [0.25, 0.3) is 0 Å². The summed E-state index contributed by atoms with van der Waals surface area (Å²) in [4.78, 5) is 0. The van der Waals surface area contributed by atoms with Gasteiger partial charge in [-0.3, -0.25) is 9.13 Å². The van der Waals surface area contributed by atoms with Crippen LogP contribution in [0.5, 0.6) is 0 Å². The van der Waals surface area contributed by atoms with Gasteiger partial charge in [-0.25, -0.2) is 0 Å². The Balaban J connectivity index is 6.02. The maximum Gasteiger partial charge on any atom is 0.346 e. The van der Waals surface area contributed by atoms with Gasteiger partial charge >= 0.3 is 15.2 Å². The molecule has 0 spiro atoms. The van der Waals surface area contributed by atoms with Gasteiger partial charge in [0, 0.05) is 6.61 Å². The normalized spacial score (nSPS) is 13.7. The van der Waals surface area contributed by atoms with Crippen LogP contribution in [0.2, 0.25) is 0 Å². The van der Waals surface area contributed by atoms with Crippen LogP contribution in [-0.2, 0) is 27.2 Å². The molecular formula is C18H40O7P2. The Hall–Kier alpha value is 0.260. The third-order valence-electron chi connectivity index (χ3n) is 3.28. The lowest BCUT2D eigenvalue weighted by Crippen LogP contribution is -2.23. The quantitative estimate of drug-likeness (QED) is 0.253. The van der Waals surface area contributed by atoms with E-state index in [1.165, 1.54) is 0 Å². The van der Waals surface area contributed by atoms with Gasteiger partial charge in [-0.05, 0) is 68.2 Å². The summed E-state index contributed by atoms with van der Waals surface area (Å²) in [7, 11) is -7.60. The average Bonchev–Trinajstić information content (AvgIpc) is 2.42. The van der Waals surface area contributed by atoms with E-state index >= 15 is 0 Å². The summed E-state index contributed by atoms with van der Waals surface area (Å²) in [6.45, 7) is 14.2. The highest BCUT2D eigenvalue weighted by Crippen LogP contribution is 2.73. The lowest BCUT2D eigenvalue weighted by Gasteiger charge is -2.35. The van der Waals surface area contributed by atoms with Crippen LogP contribution in [0.25, 0.3) is 0 Å². The molecule has 0 aliphatic carbocycles. The van der Waals surface area contributed by atoms with E-state index < -0.39 is 20.6 Å². The largest absolute Gasteiger partial charge is 0.396 e. The standard InChI is InChI=1S/C18H40O7P2/c1-14(2)22-26(20,23-15(3)4)18(12-10-9-11-13-19)27(21,24-16(5)6)25-17(7)8/h14-19H,9-13H2,1-8H3. The fraction of sp³-hybridized carbons (Fsp3) is 1.00. The van der Waals surface area contributed by atoms with Gasteiger partial charge in [0.05, 0.1) is 24.4 Å². The molecule has 0 aromatic carbocycles.